The summed E-state index contributed by atoms with van der Waals surface area (Å²) in [5.74, 6) is 1.11. The van der Waals surface area contributed by atoms with Gasteiger partial charge >= 0.3 is 0 Å². The molecular weight excluding hydrogens is 298 g/mol. The van der Waals surface area contributed by atoms with E-state index in [0.29, 0.717) is 23.7 Å². The SMILES string of the molecule is COc1ccc([N+](=O)[O-])cc1CNC(=O)CCC1CCNCC1. The maximum atomic E-state index is 12.0. The van der Waals surface area contributed by atoms with Gasteiger partial charge in [-0.25, -0.2) is 0 Å². The molecule has 0 saturated carbocycles. The highest BCUT2D eigenvalue weighted by Gasteiger charge is 2.15. The second-order valence-corrected chi connectivity index (χ2v) is 5.76. The topological polar surface area (TPSA) is 93.5 Å². The third kappa shape index (κ3) is 5.21. The average Bonchev–Trinajstić information content (AvgIpc) is 2.58. The minimum absolute atomic E-state index is 0.00949. The molecule has 0 aromatic heterocycles. The van der Waals surface area contributed by atoms with E-state index in [1.807, 2.05) is 0 Å². The normalized spacial score (nSPS) is 15.2. The van der Waals surface area contributed by atoms with Crippen LogP contribution in [0.4, 0.5) is 5.69 Å². The highest BCUT2D eigenvalue weighted by atomic mass is 16.6. The molecular formula is C16H23N3O4. The van der Waals surface area contributed by atoms with E-state index in [4.69, 9.17) is 4.74 Å². The minimum Gasteiger partial charge on any atom is -0.496 e. The van der Waals surface area contributed by atoms with Crippen molar-refractivity contribution in [2.45, 2.75) is 32.2 Å². The lowest BCUT2D eigenvalue weighted by molar-refractivity contribution is -0.384. The number of hydrogen-bond acceptors (Lipinski definition) is 5. The summed E-state index contributed by atoms with van der Waals surface area (Å²) in [6, 6.07) is 4.38. The molecule has 7 nitrogen and oxygen atoms in total. The van der Waals surface area contributed by atoms with Gasteiger partial charge in [0.15, 0.2) is 0 Å². The molecule has 1 fully saturated rings. The van der Waals surface area contributed by atoms with E-state index in [0.717, 1.165) is 32.4 Å². The Kier molecular flexibility index (Phi) is 6.34. The molecule has 1 heterocycles. The van der Waals surface area contributed by atoms with Gasteiger partial charge in [-0.2, -0.15) is 0 Å². The van der Waals surface area contributed by atoms with E-state index < -0.39 is 4.92 Å². The second kappa shape index (κ2) is 8.47. The van der Waals surface area contributed by atoms with Gasteiger partial charge in [0.05, 0.1) is 12.0 Å². The summed E-state index contributed by atoms with van der Waals surface area (Å²) in [5.41, 5.74) is 0.599. The van der Waals surface area contributed by atoms with E-state index >= 15 is 0 Å². The van der Waals surface area contributed by atoms with Crippen molar-refractivity contribution in [1.82, 2.24) is 10.6 Å². The molecule has 0 atom stereocenters. The van der Waals surface area contributed by atoms with Crippen molar-refractivity contribution in [3.05, 3.63) is 33.9 Å². The fourth-order valence-corrected chi connectivity index (χ4v) is 2.80. The number of amides is 1. The number of methoxy groups -OCH3 is 1. The molecule has 0 unspecified atom stereocenters. The molecule has 0 bridgehead atoms. The van der Waals surface area contributed by atoms with Crippen LogP contribution in [0.2, 0.25) is 0 Å². The molecule has 126 valence electrons. The van der Waals surface area contributed by atoms with Crippen molar-refractivity contribution in [3.8, 4) is 5.75 Å². The van der Waals surface area contributed by atoms with Crippen LogP contribution in [0.15, 0.2) is 18.2 Å². The van der Waals surface area contributed by atoms with Gasteiger partial charge in [0.2, 0.25) is 5.91 Å². The number of nitro benzene ring substituents is 1. The van der Waals surface area contributed by atoms with Crippen LogP contribution in [0.1, 0.15) is 31.2 Å². The number of ether oxygens (including phenoxy) is 1. The third-order valence-corrected chi connectivity index (χ3v) is 4.19. The van der Waals surface area contributed by atoms with Crippen LogP contribution < -0.4 is 15.4 Å². The molecule has 2 N–H and O–H groups in total. The van der Waals surface area contributed by atoms with Crippen molar-refractivity contribution in [3.63, 3.8) is 0 Å². The molecule has 7 heteroatoms. The minimum atomic E-state index is -0.456. The molecule has 0 aliphatic carbocycles. The Labute approximate surface area is 135 Å². The molecule has 23 heavy (non-hydrogen) atoms. The number of rotatable bonds is 7. The van der Waals surface area contributed by atoms with Gasteiger partial charge < -0.3 is 15.4 Å². The van der Waals surface area contributed by atoms with Crippen molar-refractivity contribution in [2.75, 3.05) is 20.2 Å². The summed E-state index contributed by atoms with van der Waals surface area (Å²) in [5, 5.41) is 17.0. The Morgan fingerprint density at radius 1 is 1.43 bits per heavy atom. The summed E-state index contributed by atoms with van der Waals surface area (Å²) in [4.78, 5) is 22.4. The zero-order chi connectivity index (χ0) is 16.7. The molecule has 1 aliphatic heterocycles. The lowest BCUT2D eigenvalue weighted by atomic mass is 9.93. The molecule has 1 aromatic rings. The van der Waals surface area contributed by atoms with E-state index in [9.17, 15) is 14.9 Å². The molecule has 0 spiro atoms. The largest absolute Gasteiger partial charge is 0.496 e. The van der Waals surface area contributed by atoms with Crippen molar-refractivity contribution >= 4 is 11.6 Å². The number of carbonyl (C=O) groups excluding carboxylic acids is 1. The first-order valence-corrected chi connectivity index (χ1v) is 7.89. The molecule has 1 aliphatic rings. The molecule has 1 saturated heterocycles. The fraction of sp³-hybridized carbons (Fsp3) is 0.562. The van der Waals surface area contributed by atoms with Crippen LogP contribution in [-0.2, 0) is 11.3 Å². The van der Waals surface area contributed by atoms with Gasteiger partial charge in [-0.3, -0.25) is 14.9 Å². The zero-order valence-electron chi connectivity index (χ0n) is 13.3. The first-order valence-electron chi connectivity index (χ1n) is 7.89. The monoisotopic (exact) mass is 321 g/mol. The maximum Gasteiger partial charge on any atom is 0.270 e. The number of nitrogens with zero attached hydrogens (tertiary/aromatic N) is 1. The van der Waals surface area contributed by atoms with Gasteiger partial charge in [-0.1, -0.05) is 0 Å². The van der Waals surface area contributed by atoms with Gasteiger partial charge in [-0.05, 0) is 44.3 Å². The number of benzene rings is 1. The Morgan fingerprint density at radius 3 is 2.83 bits per heavy atom. The van der Waals surface area contributed by atoms with Crippen LogP contribution in [0.25, 0.3) is 0 Å². The van der Waals surface area contributed by atoms with Crippen LogP contribution in [0.5, 0.6) is 5.75 Å². The van der Waals surface area contributed by atoms with Crippen LogP contribution in [0.3, 0.4) is 0 Å². The Balaban J connectivity index is 1.85. The van der Waals surface area contributed by atoms with E-state index in [1.165, 1.54) is 19.2 Å². The van der Waals surface area contributed by atoms with E-state index in [-0.39, 0.29) is 18.1 Å². The van der Waals surface area contributed by atoms with Crippen LogP contribution in [-0.4, -0.2) is 31.0 Å². The number of non-ortho nitro benzene ring substituents is 1. The fourth-order valence-electron chi connectivity index (χ4n) is 2.80. The number of piperidine rings is 1. The summed E-state index contributed by atoms with van der Waals surface area (Å²) >= 11 is 0. The lowest BCUT2D eigenvalue weighted by Crippen LogP contribution is -2.29. The van der Waals surface area contributed by atoms with Gasteiger partial charge in [0, 0.05) is 30.7 Å². The Bertz CT molecular complexity index is 556. The lowest BCUT2D eigenvalue weighted by Gasteiger charge is -2.22. The van der Waals surface area contributed by atoms with Crippen LogP contribution in [0, 0.1) is 16.0 Å². The number of carbonyl (C=O) groups is 1. The summed E-state index contributed by atoms with van der Waals surface area (Å²) in [6.07, 6.45) is 3.61. The highest BCUT2D eigenvalue weighted by Crippen LogP contribution is 2.24. The van der Waals surface area contributed by atoms with Crippen molar-refractivity contribution in [1.29, 1.82) is 0 Å². The Hall–Kier alpha value is -2.15. The third-order valence-electron chi connectivity index (χ3n) is 4.19. The van der Waals surface area contributed by atoms with E-state index in [1.54, 1.807) is 6.07 Å². The molecule has 1 amide bonds. The van der Waals surface area contributed by atoms with Crippen molar-refractivity contribution in [2.24, 2.45) is 5.92 Å². The summed E-state index contributed by atoms with van der Waals surface area (Å²) in [6.45, 7) is 2.28. The predicted octanol–water partition coefficient (Wildman–Crippen LogP) is 2.00. The predicted molar refractivity (Wildman–Crippen MR) is 86.3 cm³/mol. The van der Waals surface area contributed by atoms with Gasteiger partial charge in [0.1, 0.15) is 5.75 Å². The van der Waals surface area contributed by atoms with E-state index in [2.05, 4.69) is 10.6 Å². The summed E-state index contributed by atoms with van der Waals surface area (Å²) < 4.78 is 5.19. The molecule has 0 radical (unpaired) electrons. The smallest absolute Gasteiger partial charge is 0.270 e. The quantitative estimate of drug-likeness (QED) is 0.592. The molecule has 1 aromatic carbocycles. The van der Waals surface area contributed by atoms with Crippen LogP contribution >= 0.6 is 0 Å². The van der Waals surface area contributed by atoms with Gasteiger partial charge in [-0.15, -0.1) is 0 Å². The number of nitro groups is 1. The van der Waals surface area contributed by atoms with Crippen molar-refractivity contribution < 1.29 is 14.5 Å². The maximum absolute atomic E-state index is 12.0. The second-order valence-electron chi connectivity index (χ2n) is 5.76. The Morgan fingerprint density at radius 2 is 2.17 bits per heavy atom. The van der Waals surface area contributed by atoms with Gasteiger partial charge in [0.25, 0.3) is 5.69 Å². The average molecular weight is 321 g/mol. The first kappa shape index (κ1) is 17.2. The standard InChI is InChI=1S/C16H23N3O4/c1-23-15-4-3-14(19(21)22)10-13(15)11-18-16(20)5-2-12-6-8-17-9-7-12/h3-4,10,12,17H,2,5-9,11H2,1H3,(H,18,20). The highest BCUT2D eigenvalue weighted by molar-refractivity contribution is 5.76. The number of nitrogens with one attached hydrogen (secondary N) is 2. The first-order chi connectivity index (χ1) is 11.1. The zero-order valence-corrected chi connectivity index (χ0v) is 13.3. The molecule has 2 rings (SSSR count). The summed E-state index contributed by atoms with van der Waals surface area (Å²) in [7, 11) is 1.50. The number of hydrogen-bond donors (Lipinski definition) is 2.